The summed E-state index contributed by atoms with van der Waals surface area (Å²) in [5.41, 5.74) is 0.908. The molecule has 0 amide bonds. The molecule has 18 heavy (non-hydrogen) atoms. The summed E-state index contributed by atoms with van der Waals surface area (Å²) in [5.74, 6) is 0. The first-order chi connectivity index (χ1) is 8.43. The van der Waals surface area contributed by atoms with E-state index in [4.69, 9.17) is 10.2 Å². The molecule has 0 aliphatic carbocycles. The highest BCUT2D eigenvalue weighted by Gasteiger charge is 2.38. The van der Waals surface area contributed by atoms with E-state index in [1.807, 2.05) is 30.3 Å². The van der Waals surface area contributed by atoms with E-state index in [-0.39, 0.29) is 6.61 Å². The Labute approximate surface area is 103 Å². The summed E-state index contributed by atoms with van der Waals surface area (Å²) >= 11 is 0. The predicted molar refractivity (Wildman–Crippen MR) is 61.1 cm³/mol. The van der Waals surface area contributed by atoms with Crippen molar-refractivity contribution in [2.24, 2.45) is 0 Å². The molecular formula is C12H16F3NO2. The molecule has 1 rings (SSSR count). The molecule has 1 aromatic rings. The second-order valence-electron chi connectivity index (χ2n) is 4.03. The van der Waals surface area contributed by atoms with Crippen molar-refractivity contribution in [1.82, 2.24) is 5.32 Å². The summed E-state index contributed by atoms with van der Waals surface area (Å²) in [5, 5.41) is 20.4. The van der Waals surface area contributed by atoms with Gasteiger partial charge in [0.15, 0.2) is 6.10 Å². The predicted octanol–water partition coefficient (Wildman–Crippen LogP) is 1.10. The number of halogens is 3. The molecule has 102 valence electrons. The Morgan fingerprint density at radius 2 is 1.78 bits per heavy atom. The standard InChI is InChI=1S/C12H16F3NO2/c13-12(14,15)11(18)7-16-10(8-17)6-9-4-2-1-3-5-9/h1-5,10-11,16-18H,6-8H2/t10-,11+/m0/s1. The average molecular weight is 263 g/mol. The van der Waals surface area contributed by atoms with Crippen LogP contribution in [0.1, 0.15) is 5.56 Å². The van der Waals surface area contributed by atoms with E-state index >= 15 is 0 Å². The smallest absolute Gasteiger partial charge is 0.395 e. The van der Waals surface area contributed by atoms with Crippen LogP contribution in [-0.2, 0) is 6.42 Å². The molecule has 1 aromatic carbocycles. The van der Waals surface area contributed by atoms with Crippen molar-refractivity contribution in [3.63, 3.8) is 0 Å². The number of rotatable bonds is 6. The average Bonchev–Trinajstić information content (AvgIpc) is 2.34. The number of aliphatic hydroxyl groups is 2. The second kappa shape index (κ2) is 6.72. The SMILES string of the molecule is OC[C@H](Cc1ccccc1)NC[C@@H](O)C(F)(F)F. The van der Waals surface area contributed by atoms with Crippen molar-refractivity contribution >= 4 is 0 Å². The van der Waals surface area contributed by atoms with Crippen LogP contribution < -0.4 is 5.32 Å². The van der Waals surface area contributed by atoms with Crippen molar-refractivity contribution in [3.05, 3.63) is 35.9 Å². The number of nitrogens with one attached hydrogen (secondary N) is 1. The van der Waals surface area contributed by atoms with Gasteiger partial charge in [0.2, 0.25) is 0 Å². The Morgan fingerprint density at radius 1 is 1.17 bits per heavy atom. The normalized spacial score (nSPS) is 15.4. The molecule has 0 aliphatic rings. The molecule has 0 aromatic heterocycles. The van der Waals surface area contributed by atoms with Crippen molar-refractivity contribution in [1.29, 1.82) is 0 Å². The maximum Gasteiger partial charge on any atom is 0.415 e. The van der Waals surface area contributed by atoms with Crippen molar-refractivity contribution in [2.45, 2.75) is 24.7 Å². The third-order valence-corrected chi connectivity index (χ3v) is 2.52. The van der Waals surface area contributed by atoms with Crippen LogP contribution in [0, 0.1) is 0 Å². The zero-order chi connectivity index (χ0) is 13.6. The fourth-order valence-corrected chi connectivity index (χ4v) is 1.49. The van der Waals surface area contributed by atoms with Gasteiger partial charge in [0.25, 0.3) is 0 Å². The Balaban J connectivity index is 2.43. The molecule has 0 saturated heterocycles. The van der Waals surface area contributed by atoms with Gasteiger partial charge in [0.05, 0.1) is 6.61 Å². The van der Waals surface area contributed by atoms with E-state index in [9.17, 15) is 13.2 Å². The van der Waals surface area contributed by atoms with Crippen molar-refractivity contribution in [3.8, 4) is 0 Å². The first-order valence-electron chi connectivity index (χ1n) is 5.56. The zero-order valence-corrected chi connectivity index (χ0v) is 9.69. The van der Waals surface area contributed by atoms with E-state index in [0.717, 1.165) is 5.56 Å². The Hall–Kier alpha value is -1.11. The zero-order valence-electron chi connectivity index (χ0n) is 9.69. The van der Waals surface area contributed by atoms with E-state index in [1.54, 1.807) is 0 Å². The van der Waals surface area contributed by atoms with Gasteiger partial charge in [-0.05, 0) is 12.0 Å². The summed E-state index contributed by atoms with van der Waals surface area (Å²) in [6, 6.07) is 8.60. The summed E-state index contributed by atoms with van der Waals surface area (Å²) in [6.07, 6.45) is -6.65. The highest BCUT2D eigenvalue weighted by molar-refractivity contribution is 5.15. The molecular weight excluding hydrogens is 247 g/mol. The highest BCUT2D eigenvalue weighted by atomic mass is 19.4. The number of benzene rings is 1. The number of hydrogen-bond acceptors (Lipinski definition) is 3. The lowest BCUT2D eigenvalue weighted by molar-refractivity contribution is -0.202. The van der Waals surface area contributed by atoms with Gasteiger partial charge in [-0.1, -0.05) is 30.3 Å². The molecule has 6 heteroatoms. The molecule has 0 saturated carbocycles. The molecule has 0 heterocycles. The molecule has 0 fully saturated rings. The Kier molecular flexibility index (Phi) is 5.58. The van der Waals surface area contributed by atoms with Gasteiger partial charge in [-0.2, -0.15) is 13.2 Å². The van der Waals surface area contributed by atoms with Crippen molar-refractivity contribution < 1.29 is 23.4 Å². The lowest BCUT2D eigenvalue weighted by atomic mass is 10.1. The van der Waals surface area contributed by atoms with Crippen molar-refractivity contribution in [2.75, 3.05) is 13.2 Å². The largest absolute Gasteiger partial charge is 0.415 e. The fraction of sp³-hybridized carbons (Fsp3) is 0.500. The molecule has 0 radical (unpaired) electrons. The number of aliphatic hydroxyl groups excluding tert-OH is 2. The molecule has 0 bridgehead atoms. The fourth-order valence-electron chi connectivity index (χ4n) is 1.49. The van der Waals surface area contributed by atoms with E-state index in [1.165, 1.54) is 0 Å². The monoisotopic (exact) mass is 263 g/mol. The van der Waals surface area contributed by atoms with Crippen LogP contribution in [0.25, 0.3) is 0 Å². The van der Waals surface area contributed by atoms with E-state index in [0.29, 0.717) is 6.42 Å². The lowest BCUT2D eigenvalue weighted by Crippen LogP contribution is -2.44. The minimum absolute atomic E-state index is 0.292. The first kappa shape index (κ1) is 14.9. The van der Waals surface area contributed by atoms with Gasteiger partial charge in [0.1, 0.15) is 0 Å². The van der Waals surface area contributed by atoms with Crippen LogP contribution in [0.4, 0.5) is 13.2 Å². The lowest BCUT2D eigenvalue weighted by Gasteiger charge is -2.20. The van der Waals surface area contributed by atoms with E-state index in [2.05, 4.69) is 5.32 Å². The van der Waals surface area contributed by atoms with Crippen LogP contribution in [0.2, 0.25) is 0 Å². The molecule has 3 N–H and O–H groups in total. The molecule has 2 atom stereocenters. The van der Waals surface area contributed by atoms with Gasteiger partial charge >= 0.3 is 6.18 Å². The second-order valence-corrected chi connectivity index (χ2v) is 4.03. The highest BCUT2D eigenvalue weighted by Crippen LogP contribution is 2.19. The van der Waals surface area contributed by atoms with Crippen LogP contribution in [0.5, 0.6) is 0 Å². The van der Waals surface area contributed by atoms with Gasteiger partial charge in [-0.3, -0.25) is 0 Å². The maximum atomic E-state index is 12.1. The van der Waals surface area contributed by atoms with Crippen LogP contribution in [0.15, 0.2) is 30.3 Å². The van der Waals surface area contributed by atoms with Crippen LogP contribution in [-0.4, -0.2) is 41.7 Å². The molecule has 0 spiro atoms. The Bertz CT molecular complexity index is 343. The third-order valence-electron chi connectivity index (χ3n) is 2.52. The van der Waals surface area contributed by atoms with Gasteiger partial charge < -0.3 is 15.5 Å². The quantitative estimate of drug-likeness (QED) is 0.720. The van der Waals surface area contributed by atoms with Gasteiger partial charge in [-0.15, -0.1) is 0 Å². The minimum Gasteiger partial charge on any atom is -0.395 e. The third kappa shape index (κ3) is 5.03. The maximum absolute atomic E-state index is 12.1. The summed E-state index contributed by atoms with van der Waals surface area (Å²) < 4.78 is 36.2. The number of alkyl halides is 3. The van der Waals surface area contributed by atoms with Gasteiger partial charge in [0, 0.05) is 12.6 Å². The van der Waals surface area contributed by atoms with Gasteiger partial charge in [-0.25, -0.2) is 0 Å². The molecule has 0 unspecified atom stereocenters. The summed E-state index contributed by atoms with van der Waals surface area (Å²) in [6.45, 7) is -0.916. The minimum atomic E-state index is -4.64. The number of hydrogen-bond donors (Lipinski definition) is 3. The Morgan fingerprint density at radius 3 is 2.28 bits per heavy atom. The topological polar surface area (TPSA) is 52.5 Å². The van der Waals surface area contributed by atoms with Crippen LogP contribution >= 0.6 is 0 Å². The molecule has 3 nitrogen and oxygen atoms in total. The summed E-state index contributed by atoms with van der Waals surface area (Å²) in [4.78, 5) is 0. The van der Waals surface area contributed by atoms with Crippen LogP contribution in [0.3, 0.4) is 0 Å². The first-order valence-corrected chi connectivity index (χ1v) is 5.56. The molecule has 0 aliphatic heterocycles. The van der Waals surface area contributed by atoms with E-state index < -0.39 is 24.9 Å². The summed E-state index contributed by atoms with van der Waals surface area (Å²) in [7, 11) is 0.